The van der Waals surface area contributed by atoms with E-state index in [2.05, 4.69) is 11.9 Å². The molecule has 158 valence electrons. The first-order valence-corrected chi connectivity index (χ1v) is 11.1. The van der Waals surface area contributed by atoms with Crippen LogP contribution in [-0.2, 0) is 9.53 Å². The number of carbonyl (C=O) groups excluding carboxylic acids is 2. The molecule has 0 aromatic heterocycles. The second-order valence-corrected chi connectivity index (χ2v) is 9.08. The van der Waals surface area contributed by atoms with Gasteiger partial charge in [0.05, 0.1) is 16.7 Å². The van der Waals surface area contributed by atoms with Crippen LogP contribution in [0.15, 0.2) is 18.2 Å². The average Bonchev–Trinajstić information content (AvgIpc) is 3.08. The van der Waals surface area contributed by atoms with Crippen molar-refractivity contribution < 1.29 is 14.3 Å². The number of hydrogen-bond donors (Lipinski definition) is 0. The van der Waals surface area contributed by atoms with Gasteiger partial charge >= 0.3 is 0 Å². The Morgan fingerprint density at radius 1 is 1.03 bits per heavy atom. The molecule has 6 nitrogen and oxygen atoms in total. The molecule has 1 aliphatic carbocycles. The van der Waals surface area contributed by atoms with E-state index in [4.69, 9.17) is 27.9 Å². The number of likely N-dealkylation sites (N-methyl/N-ethyl adjacent to an activating group) is 1. The zero-order chi connectivity index (χ0) is 20.6. The fourth-order valence-corrected chi connectivity index (χ4v) is 4.96. The van der Waals surface area contributed by atoms with E-state index >= 15 is 0 Å². The van der Waals surface area contributed by atoms with Crippen LogP contribution in [0, 0.1) is 0 Å². The van der Waals surface area contributed by atoms with Crippen LogP contribution < -0.4 is 0 Å². The fraction of sp³-hybridized carbons (Fsp3) is 0.619. The summed E-state index contributed by atoms with van der Waals surface area (Å²) in [6.45, 7) is 3.27. The Labute approximate surface area is 181 Å². The van der Waals surface area contributed by atoms with Gasteiger partial charge in [0.1, 0.15) is 11.8 Å². The highest BCUT2D eigenvalue weighted by Gasteiger charge is 2.53. The summed E-state index contributed by atoms with van der Waals surface area (Å²) < 4.78 is 6.22. The molecule has 3 aliphatic rings. The second-order valence-electron chi connectivity index (χ2n) is 8.27. The summed E-state index contributed by atoms with van der Waals surface area (Å²) in [4.78, 5) is 32.8. The van der Waals surface area contributed by atoms with Gasteiger partial charge in [-0.2, -0.15) is 0 Å². The van der Waals surface area contributed by atoms with Crippen molar-refractivity contribution in [1.29, 1.82) is 0 Å². The third-order valence-electron chi connectivity index (χ3n) is 6.38. The molecule has 2 saturated heterocycles. The third-order valence-corrected chi connectivity index (χ3v) is 7.12. The smallest absolute Gasteiger partial charge is 0.256 e. The first-order valence-electron chi connectivity index (χ1n) is 10.3. The lowest BCUT2D eigenvalue weighted by atomic mass is 9.89. The molecule has 1 aromatic carbocycles. The van der Waals surface area contributed by atoms with Crippen LogP contribution >= 0.6 is 23.2 Å². The van der Waals surface area contributed by atoms with Crippen molar-refractivity contribution in [1.82, 2.24) is 14.7 Å². The molecule has 1 saturated carbocycles. The van der Waals surface area contributed by atoms with E-state index in [-0.39, 0.29) is 18.4 Å². The number of halogens is 2. The summed E-state index contributed by atoms with van der Waals surface area (Å²) in [6.07, 6.45) is 4.61. The molecule has 0 radical (unpaired) electrons. The Balaban J connectivity index is 1.64. The number of piperazine rings is 1. The summed E-state index contributed by atoms with van der Waals surface area (Å²) in [5.41, 5.74) is -0.264. The Morgan fingerprint density at radius 3 is 2.38 bits per heavy atom. The van der Waals surface area contributed by atoms with E-state index in [1.165, 1.54) is 0 Å². The van der Waals surface area contributed by atoms with Crippen molar-refractivity contribution in [3.8, 4) is 0 Å². The molecule has 0 unspecified atom stereocenters. The van der Waals surface area contributed by atoms with Gasteiger partial charge in [0.25, 0.3) is 5.91 Å². The highest BCUT2D eigenvalue weighted by Crippen LogP contribution is 2.42. The topological polar surface area (TPSA) is 53.1 Å². The Kier molecular flexibility index (Phi) is 6.07. The van der Waals surface area contributed by atoms with Crippen molar-refractivity contribution in [2.24, 2.45) is 0 Å². The standard InChI is InChI=1S/C21H27Cl2N3O3/c1-24-9-11-25(12-10-24)20(28)18-14-29-21(7-3-2-4-8-21)26(18)19(27)15-5-6-16(22)17(23)13-15/h5-6,13,18H,2-4,7-12,14H2,1H3/t18-/m1/s1. The van der Waals surface area contributed by atoms with E-state index in [0.29, 0.717) is 28.7 Å². The third kappa shape index (κ3) is 4.00. The molecule has 2 amide bonds. The molecule has 0 N–H and O–H groups in total. The van der Waals surface area contributed by atoms with Crippen LogP contribution in [0.2, 0.25) is 10.0 Å². The molecular formula is C21H27Cl2N3O3. The van der Waals surface area contributed by atoms with Crippen LogP contribution in [0.5, 0.6) is 0 Å². The van der Waals surface area contributed by atoms with E-state index in [1.807, 2.05) is 4.90 Å². The van der Waals surface area contributed by atoms with Gasteiger partial charge in [-0.05, 0) is 50.9 Å². The number of benzene rings is 1. The first kappa shape index (κ1) is 20.9. The minimum atomic E-state index is -0.700. The normalized spacial score (nSPS) is 24.9. The van der Waals surface area contributed by atoms with Crippen molar-refractivity contribution >= 4 is 35.0 Å². The molecule has 1 spiro atoms. The minimum absolute atomic E-state index is 0.0195. The van der Waals surface area contributed by atoms with E-state index in [9.17, 15) is 9.59 Å². The number of nitrogens with zero attached hydrogens (tertiary/aromatic N) is 3. The van der Waals surface area contributed by atoms with Crippen molar-refractivity contribution in [3.63, 3.8) is 0 Å². The van der Waals surface area contributed by atoms with Gasteiger partial charge in [-0.3, -0.25) is 14.5 Å². The Hall–Kier alpha value is -1.34. The SMILES string of the molecule is CN1CCN(C(=O)[C@H]2COC3(CCCCC3)N2C(=O)c2ccc(Cl)c(Cl)c2)CC1. The maximum atomic E-state index is 13.6. The molecule has 1 aromatic rings. The summed E-state index contributed by atoms with van der Waals surface area (Å²) in [5, 5.41) is 0.732. The Bertz CT molecular complexity index is 789. The number of amides is 2. The van der Waals surface area contributed by atoms with Gasteiger partial charge in [-0.25, -0.2) is 0 Å². The zero-order valence-corrected chi connectivity index (χ0v) is 18.2. The lowest BCUT2D eigenvalue weighted by Gasteiger charge is -2.42. The van der Waals surface area contributed by atoms with Crippen LogP contribution in [0.1, 0.15) is 42.5 Å². The van der Waals surface area contributed by atoms with Gasteiger partial charge in [0.15, 0.2) is 0 Å². The second kappa shape index (κ2) is 8.42. The maximum absolute atomic E-state index is 13.6. The highest BCUT2D eigenvalue weighted by atomic mass is 35.5. The van der Waals surface area contributed by atoms with Gasteiger partial charge in [0.2, 0.25) is 5.91 Å². The first-order chi connectivity index (χ1) is 13.9. The zero-order valence-electron chi connectivity index (χ0n) is 16.7. The molecule has 1 atom stereocenters. The van der Waals surface area contributed by atoms with Crippen LogP contribution in [-0.4, -0.2) is 78.1 Å². The maximum Gasteiger partial charge on any atom is 0.256 e. The lowest BCUT2D eigenvalue weighted by molar-refractivity contribution is -0.138. The summed E-state index contributed by atoms with van der Waals surface area (Å²) in [6, 6.07) is 4.28. The summed E-state index contributed by atoms with van der Waals surface area (Å²) in [5.74, 6) is -0.232. The van der Waals surface area contributed by atoms with Gasteiger partial charge < -0.3 is 14.5 Å². The van der Waals surface area contributed by atoms with Crippen LogP contribution in [0.25, 0.3) is 0 Å². The molecule has 0 bridgehead atoms. The predicted octanol–water partition coefficient (Wildman–Crippen LogP) is 3.27. The van der Waals surface area contributed by atoms with Crippen molar-refractivity contribution in [2.45, 2.75) is 43.9 Å². The number of ether oxygens (including phenoxy) is 1. The van der Waals surface area contributed by atoms with Gasteiger partial charge in [0, 0.05) is 31.7 Å². The molecule has 3 fully saturated rings. The highest BCUT2D eigenvalue weighted by molar-refractivity contribution is 6.42. The molecule has 4 rings (SSSR count). The van der Waals surface area contributed by atoms with E-state index in [1.54, 1.807) is 23.1 Å². The Morgan fingerprint density at radius 2 is 1.72 bits per heavy atom. The molecule has 8 heteroatoms. The number of rotatable bonds is 2. The molecule has 29 heavy (non-hydrogen) atoms. The molecule has 2 aliphatic heterocycles. The van der Waals surface area contributed by atoms with Gasteiger partial charge in [-0.1, -0.05) is 29.6 Å². The van der Waals surface area contributed by atoms with Crippen LogP contribution in [0.3, 0.4) is 0 Å². The monoisotopic (exact) mass is 439 g/mol. The van der Waals surface area contributed by atoms with Gasteiger partial charge in [-0.15, -0.1) is 0 Å². The summed E-state index contributed by atoms with van der Waals surface area (Å²) in [7, 11) is 2.05. The van der Waals surface area contributed by atoms with E-state index < -0.39 is 11.8 Å². The minimum Gasteiger partial charge on any atom is -0.353 e. The quantitative estimate of drug-likeness (QED) is 0.709. The predicted molar refractivity (Wildman–Crippen MR) is 112 cm³/mol. The summed E-state index contributed by atoms with van der Waals surface area (Å²) >= 11 is 12.2. The van der Waals surface area contributed by atoms with E-state index in [0.717, 1.165) is 45.2 Å². The largest absolute Gasteiger partial charge is 0.353 e. The van der Waals surface area contributed by atoms with Crippen LogP contribution in [0.4, 0.5) is 0 Å². The van der Waals surface area contributed by atoms with Crippen molar-refractivity contribution in [3.05, 3.63) is 33.8 Å². The fourth-order valence-electron chi connectivity index (χ4n) is 4.67. The number of hydrogen-bond acceptors (Lipinski definition) is 4. The molecular weight excluding hydrogens is 413 g/mol. The number of carbonyl (C=O) groups is 2. The van der Waals surface area contributed by atoms with Crippen molar-refractivity contribution in [2.75, 3.05) is 39.8 Å². The average molecular weight is 440 g/mol. The molecule has 2 heterocycles. The lowest BCUT2D eigenvalue weighted by Crippen LogP contribution is -2.58.